The van der Waals surface area contributed by atoms with Crippen molar-refractivity contribution in [3.05, 3.63) is 0 Å². The monoisotopic (exact) mass is 244 g/mol. The van der Waals surface area contributed by atoms with E-state index in [4.69, 9.17) is 5.11 Å². The Kier molecular flexibility index (Phi) is 6.61. The lowest BCUT2D eigenvalue weighted by Crippen LogP contribution is -2.47. The number of aliphatic carboxylic acids is 1. The molecule has 0 rings (SSSR count). The van der Waals surface area contributed by atoms with Gasteiger partial charge in [-0.2, -0.15) is 0 Å². The minimum atomic E-state index is -0.909. The molecule has 0 aromatic heterocycles. The summed E-state index contributed by atoms with van der Waals surface area (Å²) >= 11 is 0. The lowest BCUT2D eigenvalue weighted by atomic mass is 10.0. The van der Waals surface area contributed by atoms with E-state index >= 15 is 0 Å². The molecule has 0 aliphatic rings. The highest BCUT2D eigenvalue weighted by molar-refractivity contribution is 5.76. The fourth-order valence-corrected chi connectivity index (χ4v) is 1.58. The van der Waals surface area contributed by atoms with Crippen molar-refractivity contribution >= 4 is 12.0 Å². The van der Waals surface area contributed by atoms with E-state index in [9.17, 15) is 9.59 Å². The van der Waals surface area contributed by atoms with E-state index in [2.05, 4.69) is 24.5 Å². The molecule has 0 aromatic rings. The molecule has 0 spiro atoms. The van der Waals surface area contributed by atoms with Gasteiger partial charge in [-0.15, -0.1) is 0 Å². The van der Waals surface area contributed by atoms with Crippen LogP contribution in [0.3, 0.4) is 0 Å². The lowest BCUT2D eigenvalue weighted by Gasteiger charge is -2.21. The van der Waals surface area contributed by atoms with E-state index < -0.39 is 17.9 Å². The van der Waals surface area contributed by atoms with Gasteiger partial charge < -0.3 is 15.7 Å². The zero-order chi connectivity index (χ0) is 13.6. The van der Waals surface area contributed by atoms with Gasteiger partial charge in [-0.05, 0) is 33.1 Å². The third-order valence-electron chi connectivity index (χ3n) is 2.70. The Balaban J connectivity index is 4.05. The predicted octanol–water partition coefficient (Wildman–Crippen LogP) is 1.83. The van der Waals surface area contributed by atoms with E-state index in [0.717, 1.165) is 6.42 Å². The molecule has 5 heteroatoms. The summed E-state index contributed by atoms with van der Waals surface area (Å²) in [4.78, 5) is 22.3. The van der Waals surface area contributed by atoms with Gasteiger partial charge in [0.15, 0.2) is 0 Å². The quantitative estimate of drug-likeness (QED) is 0.667. The number of carbonyl (C=O) groups excluding carboxylic acids is 1. The Morgan fingerprint density at radius 2 is 1.59 bits per heavy atom. The second-order valence-corrected chi connectivity index (χ2v) is 5.06. The lowest BCUT2D eigenvalue weighted by molar-refractivity contribution is -0.141. The predicted molar refractivity (Wildman–Crippen MR) is 66.8 cm³/mol. The maximum Gasteiger partial charge on any atom is 0.315 e. The van der Waals surface area contributed by atoms with Crippen LogP contribution >= 0.6 is 0 Å². The van der Waals surface area contributed by atoms with Gasteiger partial charge in [0.1, 0.15) is 0 Å². The Hall–Kier alpha value is -1.26. The van der Waals surface area contributed by atoms with E-state index in [0.29, 0.717) is 5.92 Å². The molecule has 17 heavy (non-hydrogen) atoms. The van der Waals surface area contributed by atoms with Crippen molar-refractivity contribution in [2.75, 3.05) is 0 Å². The fraction of sp³-hybridized carbons (Fsp3) is 0.833. The van der Waals surface area contributed by atoms with Gasteiger partial charge in [-0.3, -0.25) is 4.79 Å². The van der Waals surface area contributed by atoms with E-state index in [1.54, 1.807) is 13.8 Å². The molecule has 5 nitrogen and oxygen atoms in total. The first-order valence-corrected chi connectivity index (χ1v) is 6.03. The molecule has 0 saturated carbocycles. The summed E-state index contributed by atoms with van der Waals surface area (Å²) in [6.07, 6.45) is 0.899. The largest absolute Gasteiger partial charge is 0.481 e. The first-order valence-electron chi connectivity index (χ1n) is 6.03. The summed E-state index contributed by atoms with van der Waals surface area (Å²) in [5.41, 5.74) is 0. The zero-order valence-electron chi connectivity index (χ0n) is 11.3. The molecule has 2 amide bonds. The molecule has 0 fully saturated rings. The normalized spacial score (nSPS) is 16.1. The Morgan fingerprint density at radius 3 is 2.00 bits per heavy atom. The van der Waals surface area contributed by atoms with Crippen LogP contribution in [-0.2, 0) is 4.79 Å². The van der Waals surface area contributed by atoms with Crippen LogP contribution in [0.15, 0.2) is 0 Å². The van der Waals surface area contributed by atoms with Gasteiger partial charge in [0.05, 0.1) is 5.92 Å². The van der Waals surface area contributed by atoms with Crippen molar-refractivity contribution < 1.29 is 14.7 Å². The number of nitrogens with one attached hydrogen (secondary N) is 2. The van der Waals surface area contributed by atoms with Gasteiger partial charge in [0.25, 0.3) is 0 Å². The molecule has 3 N–H and O–H groups in total. The number of rotatable bonds is 6. The Labute approximate surface area is 103 Å². The summed E-state index contributed by atoms with van der Waals surface area (Å²) in [6.45, 7) is 9.37. The van der Waals surface area contributed by atoms with E-state index in [1.807, 2.05) is 6.92 Å². The second-order valence-electron chi connectivity index (χ2n) is 5.06. The van der Waals surface area contributed by atoms with Crippen LogP contribution in [0.1, 0.15) is 41.0 Å². The molecular weight excluding hydrogens is 220 g/mol. The molecule has 0 radical (unpaired) electrons. The minimum Gasteiger partial charge on any atom is -0.481 e. The van der Waals surface area contributed by atoms with Crippen molar-refractivity contribution in [3.8, 4) is 0 Å². The average Bonchev–Trinajstić information content (AvgIpc) is 2.13. The number of carbonyl (C=O) groups is 2. The molecule has 100 valence electrons. The van der Waals surface area contributed by atoms with Crippen molar-refractivity contribution in [3.63, 3.8) is 0 Å². The van der Waals surface area contributed by atoms with Gasteiger partial charge >= 0.3 is 12.0 Å². The first-order chi connectivity index (χ1) is 7.73. The summed E-state index contributed by atoms with van der Waals surface area (Å²) in [5.74, 6) is -0.991. The van der Waals surface area contributed by atoms with Crippen LogP contribution in [0, 0.1) is 11.8 Å². The van der Waals surface area contributed by atoms with Crippen LogP contribution in [0.2, 0.25) is 0 Å². The van der Waals surface area contributed by atoms with Crippen LogP contribution in [0.5, 0.6) is 0 Å². The van der Waals surface area contributed by atoms with Crippen LogP contribution in [0.4, 0.5) is 4.79 Å². The number of carboxylic acids is 1. The molecule has 0 aliphatic carbocycles. The molecular formula is C12H24N2O3. The smallest absolute Gasteiger partial charge is 0.315 e. The molecule has 0 aliphatic heterocycles. The average molecular weight is 244 g/mol. The molecule has 0 aromatic carbocycles. The highest BCUT2D eigenvalue weighted by atomic mass is 16.4. The third kappa shape index (κ3) is 6.81. The molecule has 3 unspecified atom stereocenters. The van der Waals surface area contributed by atoms with Gasteiger partial charge in [0.2, 0.25) is 0 Å². The standard InChI is InChI=1S/C12H24N2O3/c1-7(2)6-8(3)13-12(17)14-10(5)9(4)11(15)16/h7-10H,6H2,1-5H3,(H,15,16)(H2,13,14,17). The Morgan fingerprint density at radius 1 is 1.06 bits per heavy atom. The Bertz CT molecular complexity index is 266. The van der Waals surface area contributed by atoms with Gasteiger partial charge in [-0.1, -0.05) is 13.8 Å². The second kappa shape index (κ2) is 7.14. The van der Waals surface area contributed by atoms with Crippen molar-refractivity contribution in [2.24, 2.45) is 11.8 Å². The van der Waals surface area contributed by atoms with E-state index in [-0.39, 0.29) is 12.1 Å². The molecule has 0 saturated heterocycles. The zero-order valence-corrected chi connectivity index (χ0v) is 11.3. The molecule has 0 bridgehead atoms. The third-order valence-corrected chi connectivity index (χ3v) is 2.70. The highest BCUT2D eigenvalue weighted by Crippen LogP contribution is 2.05. The maximum absolute atomic E-state index is 11.6. The van der Waals surface area contributed by atoms with Crippen molar-refractivity contribution in [1.29, 1.82) is 0 Å². The summed E-state index contributed by atoms with van der Waals surface area (Å²) in [7, 11) is 0. The van der Waals surface area contributed by atoms with Crippen molar-refractivity contribution in [1.82, 2.24) is 10.6 Å². The summed E-state index contributed by atoms with van der Waals surface area (Å²) in [5, 5.41) is 14.2. The molecule has 0 heterocycles. The van der Waals surface area contributed by atoms with Crippen LogP contribution in [-0.4, -0.2) is 29.2 Å². The van der Waals surface area contributed by atoms with Crippen LogP contribution < -0.4 is 10.6 Å². The summed E-state index contributed by atoms with van der Waals surface area (Å²) in [6, 6.07) is -0.611. The SMILES string of the molecule is CC(C)CC(C)NC(=O)NC(C)C(C)C(=O)O. The molecule has 3 atom stereocenters. The number of hydrogen-bond donors (Lipinski definition) is 3. The van der Waals surface area contributed by atoms with E-state index in [1.165, 1.54) is 0 Å². The first kappa shape index (κ1) is 15.7. The van der Waals surface area contributed by atoms with Crippen LogP contribution in [0.25, 0.3) is 0 Å². The fourth-order valence-electron chi connectivity index (χ4n) is 1.58. The topological polar surface area (TPSA) is 78.4 Å². The number of carboxylic acid groups (broad SMARTS) is 1. The minimum absolute atomic E-state index is 0.0855. The summed E-state index contributed by atoms with van der Waals surface area (Å²) < 4.78 is 0. The van der Waals surface area contributed by atoms with Crippen molar-refractivity contribution in [2.45, 2.75) is 53.1 Å². The van der Waals surface area contributed by atoms with Gasteiger partial charge in [0, 0.05) is 12.1 Å². The van der Waals surface area contributed by atoms with Gasteiger partial charge in [-0.25, -0.2) is 4.79 Å². The number of amides is 2. The highest BCUT2D eigenvalue weighted by Gasteiger charge is 2.21. The number of urea groups is 1. The maximum atomic E-state index is 11.6. The number of hydrogen-bond acceptors (Lipinski definition) is 2.